The molecule has 0 aromatic heterocycles. The maximum absolute atomic E-state index is 11.7. The molecule has 4 rings (SSSR count). The Morgan fingerprint density at radius 2 is 1.80 bits per heavy atom. The molecule has 0 N–H and O–H groups in total. The number of carbonyl (C=O) groups excluding carboxylic acids is 1. The van der Waals surface area contributed by atoms with E-state index in [1.54, 1.807) is 0 Å². The Morgan fingerprint density at radius 1 is 1.00 bits per heavy atom. The van der Waals surface area contributed by atoms with Gasteiger partial charge in [-0.2, -0.15) is 0 Å². The Morgan fingerprint density at radius 3 is 2.55 bits per heavy atom. The zero-order chi connectivity index (χ0) is 13.5. The first-order valence-electron chi connectivity index (χ1n) is 6.99. The average molecular weight is 265 g/mol. The molecule has 0 amide bonds. The van der Waals surface area contributed by atoms with Gasteiger partial charge in [0.1, 0.15) is 0 Å². The van der Waals surface area contributed by atoms with Crippen LogP contribution < -0.4 is 5.06 Å². The molecule has 1 saturated heterocycles. The van der Waals surface area contributed by atoms with E-state index >= 15 is 0 Å². The van der Waals surface area contributed by atoms with E-state index in [1.807, 2.05) is 23.3 Å². The smallest absolute Gasteiger partial charge is 0.171 e. The van der Waals surface area contributed by atoms with Crippen LogP contribution in [0, 0.1) is 0 Å². The number of anilines is 1. The van der Waals surface area contributed by atoms with Crippen LogP contribution in [0.4, 0.5) is 5.69 Å². The van der Waals surface area contributed by atoms with Crippen molar-refractivity contribution in [3.05, 3.63) is 48.0 Å². The van der Waals surface area contributed by atoms with Crippen LogP contribution in [0.3, 0.4) is 0 Å². The van der Waals surface area contributed by atoms with Gasteiger partial charge in [-0.25, -0.2) is 9.90 Å². The van der Waals surface area contributed by atoms with Crippen LogP contribution in [-0.4, -0.2) is 12.5 Å². The summed E-state index contributed by atoms with van der Waals surface area (Å²) >= 11 is 0. The molecule has 2 aromatic carbocycles. The van der Waals surface area contributed by atoms with E-state index in [2.05, 4.69) is 24.3 Å². The van der Waals surface area contributed by atoms with Gasteiger partial charge in [0, 0.05) is 11.8 Å². The number of carbonyl (C=O) groups is 1. The zero-order valence-electron chi connectivity index (χ0n) is 11.1. The van der Waals surface area contributed by atoms with Crippen LogP contribution in [0.1, 0.15) is 24.8 Å². The fraction of sp³-hybridized carbons (Fsp3) is 0.235. The molecule has 1 aliphatic heterocycles. The van der Waals surface area contributed by atoms with E-state index in [9.17, 15) is 4.79 Å². The maximum atomic E-state index is 11.7. The van der Waals surface area contributed by atoms with Crippen LogP contribution in [0.15, 0.2) is 42.5 Å². The molecule has 1 fully saturated rings. The van der Waals surface area contributed by atoms with Crippen LogP contribution in [0.2, 0.25) is 0 Å². The van der Waals surface area contributed by atoms with Gasteiger partial charge in [0.05, 0.1) is 5.69 Å². The predicted octanol–water partition coefficient (Wildman–Crippen LogP) is 3.69. The number of fused-ring (bicyclic) bond motifs is 1. The summed E-state index contributed by atoms with van der Waals surface area (Å²) in [4.78, 5) is 16.9. The predicted molar refractivity (Wildman–Crippen MR) is 79.2 cm³/mol. The largest absolute Gasteiger partial charge is 0.295 e. The van der Waals surface area contributed by atoms with E-state index in [4.69, 9.17) is 4.84 Å². The Labute approximate surface area is 117 Å². The summed E-state index contributed by atoms with van der Waals surface area (Å²) in [7, 11) is 0. The van der Waals surface area contributed by atoms with Crippen molar-refractivity contribution in [2.24, 2.45) is 0 Å². The van der Waals surface area contributed by atoms with Gasteiger partial charge < -0.3 is 0 Å². The summed E-state index contributed by atoms with van der Waals surface area (Å²) < 4.78 is 0. The molecule has 0 atom stereocenters. The quantitative estimate of drug-likeness (QED) is 0.776. The number of benzene rings is 2. The van der Waals surface area contributed by atoms with Crippen molar-refractivity contribution in [1.29, 1.82) is 0 Å². The molecule has 20 heavy (non-hydrogen) atoms. The molecule has 0 unspecified atom stereocenters. The highest BCUT2D eigenvalue weighted by molar-refractivity contribution is 6.06. The highest BCUT2D eigenvalue weighted by Crippen LogP contribution is 2.37. The normalized spacial score (nSPS) is 18.3. The molecular formula is C17H15NO2. The molecule has 0 saturated carbocycles. The summed E-state index contributed by atoms with van der Waals surface area (Å²) in [6.07, 6.45) is 4.44. The summed E-state index contributed by atoms with van der Waals surface area (Å²) in [5, 5.41) is 4.26. The van der Waals surface area contributed by atoms with Crippen LogP contribution >= 0.6 is 0 Å². The first-order valence-corrected chi connectivity index (χ1v) is 6.99. The molecule has 2 aromatic rings. The summed E-state index contributed by atoms with van der Waals surface area (Å²) in [5.74, 6) is 0.244. The van der Waals surface area contributed by atoms with Gasteiger partial charge in [-0.05, 0) is 41.5 Å². The number of hydrogen-bond acceptors (Lipinski definition) is 3. The second-order valence-electron chi connectivity index (χ2n) is 5.30. The van der Waals surface area contributed by atoms with Gasteiger partial charge in [0.2, 0.25) is 0 Å². The maximum Gasteiger partial charge on any atom is 0.171 e. The summed E-state index contributed by atoms with van der Waals surface area (Å²) in [6.45, 7) is 0.657. The lowest BCUT2D eigenvalue weighted by molar-refractivity contribution is -0.114. The van der Waals surface area contributed by atoms with E-state index in [1.165, 1.54) is 16.3 Å². The molecule has 0 radical (unpaired) electrons. The van der Waals surface area contributed by atoms with E-state index in [-0.39, 0.29) is 5.78 Å². The van der Waals surface area contributed by atoms with Crippen LogP contribution in [0.5, 0.6) is 0 Å². The Hall–Kier alpha value is -2.13. The van der Waals surface area contributed by atoms with Crippen molar-refractivity contribution < 1.29 is 9.63 Å². The first-order chi connectivity index (χ1) is 9.83. The molecule has 0 bridgehead atoms. The Balaban J connectivity index is 1.92. The second kappa shape index (κ2) is 4.46. The van der Waals surface area contributed by atoms with E-state index < -0.39 is 0 Å². The molecule has 0 spiro atoms. The van der Waals surface area contributed by atoms with Gasteiger partial charge >= 0.3 is 0 Å². The molecule has 3 heteroatoms. The van der Waals surface area contributed by atoms with Crippen LogP contribution in [0.25, 0.3) is 16.3 Å². The minimum absolute atomic E-state index is 0.244. The number of hydroxylamine groups is 1. The van der Waals surface area contributed by atoms with Crippen molar-refractivity contribution in [2.45, 2.75) is 19.3 Å². The van der Waals surface area contributed by atoms with Gasteiger partial charge in [0.15, 0.2) is 12.5 Å². The third kappa shape index (κ3) is 1.91. The lowest BCUT2D eigenvalue weighted by Crippen LogP contribution is -2.03. The van der Waals surface area contributed by atoms with Crippen molar-refractivity contribution in [3.8, 4) is 0 Å². The molecule has 1 heterocycles. The third-order valence-electron chi connectivity index (χ3n) is 3.98. The van der Waals surface area contributed by atoms with Crippen molar-refractivity contribution >= 4 is 27.8 Å². The monoisotopic (exact) mass is 265 g/mol. The first kappa shape index (κ1) is 11.7. The Kier molecular flexibility index (Phi) is 2.60. The SMILES string of the molecule is O=C1C=C(c2ccc(N3CO3)c3ccccc23)CCC1. The molecular weight excluding hydrogens is 250 g/mol. The second-order valence-corrected chi connectivity index (χ2v) is 5.30. The minimum atomic E-state index is 0.244. The summed E-state index contributed by atoms with van der Waals surface area (Å²) in [6, 6.07) is 12.5. The van der Waals surface area contributed by atoms with Crippen LogP contribution in [-0.2, 0) is 9.63 Å². The fourth-order valence-corrected chi connectivity index (χ4v) is 2.95. The molecule has 100 valence electrons. The number of nitrogens with zero attached hydrogens (tertiary/aromatic N) is 1. The van der Waals surface area contributed by atoms with Gasteiger partial charge in [-0.15, -0.1) is 0 Å². The number of rotatable bonds is 2. The van der Waals surface area contributed by atoms with E-state index in [0.29, 0.717) is 13.2 Å². The standard InChI is InChI=1S/C17H15NO2/c19-13-5-3-4-12(10-13)14-8-9-17(18-11-20-18)16-7-2-1-6-15(14)16/h1-2,6-10H,3-5,11H2. The highest BCUT2D eigenvalue weighted by atomic mass is 16.8. The lowest BCUT2D eigenvalue weighted by atomic mass is 9.89. The highest BCUT2D eigenvalue weighted by Gasteiger charge is 2.23. The number of ketones is 1. The molecule has 3 nitrogen and oxygen atoms in total. The number of allylic oxidation sites excluding steroid dienone is 2. The zero-order valence-corrected chi connectivity index (χ0v) is 11.1. The average Bonchev–Trinajstić information content (AvgIpc) is 3.31. The lowest BCUT2D eigenvalue weighted by Gasteiger charge is -2.16. The van der Waals surface area contributed by atoms with Gasteiger partial charge in [-0.1, -0.05) is 30.3 Å². The minimum Gasteiger partial charge on any atom is -0.295 e. The van der Waals surface area contributed by atoms with E-state index in [0.717, 1.165) is 24.1 Å². The van der Waals surface area contributed by atoms with Gasteiger partial charge in [0.25, 0.3) is 0 Å². The van der Waals surface area contributed by atoms with Gasteiger partial charge in [-0.3, -0.25) is 4.79 Å². The van der Waals surface area contributed by atoms with Crippen molar-refractivity contribution in [2.75, 3.05) is 11.8 Å². The summed E-state index contributed by atoms with van der Waals surface area (Å²) in [5.41, 5.74) is 3.45. The van der Waals surface area contributed by atoms with Crippen molar-refractivity contribution in [1.82, 2.24) is 0 Å². The third-order valence-corrected chi connectivity index (χ3v) is 3.98. The number of hydrogen-bond donors (Lipinski definition) is 0. The Bertz CT molecular complexity index is 729. The topological polar surface area (TPSA) is 32.6 Å². The molecule has 2 aliphatic rings. The molecule has 1 aliphatic carbocycles. The fourth-order valence-electron chi connectivity index (χ4n) is 2.95. The van der Waals surface area contributed by atoms with Crippen molar-refractivity contribution in [3.63, 3.8) is 0 Å².